The predicted octanol–water partition coefficient (Wildman–Crippen LogP) is -0.425. The van der Waals surface area contributed by atoms with Gasteiger partial charge < -0.3 is 53.3 Å². The molecule has 0 saturated carbocycles. The second-order valence-corrected chi connectivity index (χ2v) is 6.72. The highest BCUT2D eigenvalue weighted by Gasteiger charge is 1.95. The third-order valence-corrected chi connectivity index (χ3v) is 3.97. The quantitative estimate of drug-likeness (QED) is 0.130. The van der Waals surface area contributed by atoms with Crippen molar-refractivity contribution in [3.63, 3.8) is 0 Å². The zero-order chi connectivity index (χ0) is 23.9. The van der Waals surface area contributed by atoms with Crippen LogP contribution in [-0.2, 0) is 42.6 Å². The first-order valence-electron chi connectivity index (χ1n) is 11.9. The summed E-state index contributed by atoms with van der Waals surface area (Å²) in [4.78, 5) is 0. The van der Waals surface area contributed by atoms with Crippen molar-refractivity contribution < 1.29 is 42.6 Å². The van der Waals surface area contributed by atoms with Gasteiger partial charge in [-0.15, -0.1) is 0 Å². The van der Waals surface area contributed by atoms with E-state index >= 15 is 0 Å². The molecule has 0 bridgehead atoms. The van der Waals surface area contributed by atoms with Crippen molar-refractivity contribution in [3.8, 4) is 0 Å². The van der Waals surface area contributed by atoms with Crippen LogP contribution in [0.3, 0.4) is 0 Å². The van der Waals surface area contributed by atoms with Crippen LogP contribution in [0.1, 0.15) is 0 Å². The van der Waals surface area contributed by atoms with Crippen molar-refractivity contribution in [2.45, 2.75) is 0 Å². The summed E-state index contributed by atoms with van der Waals surface area (Å²) in [7, 11) is 3.79. The third-order valence-electron chi connectivity index (χ3n) is 3.97. The van der Waals surface area contributed by atoms with Gasteiger partial charge >= 0.3 is 0 Å². The fourth-order valence-corrected chi connectivity index (χ4v) is 2.21. The molecule has 11 nitrogen and oxygen atoms in total. The lowest BCUT2D eigenvalue weighted by Gasteiger charge is -2.09. The van der Waals surface area contributed by atoms with Crippen molar-refractivity contribution in [2.75, 3.05) is 146 Å². The van der Waals surface area contributed by atoms with Crippen LogP contribution in [-0.4, -0.2) is 146 Å². The molecule has 0 spiro atoms. The van der Waals surface area contributed by atoms with Gasteiger partial charge in [0.15, 0.2) is 0 Å². The predicted molar refractivity (Wildman–Crippen MR) is 125 cm³/mol. The van der Waals surface area contributed by atoms with Crippen LogP contribution in [0, 0.1) is 0 Å². The van der Waals surface area contributed by atoms with Gasteiger partial charge in [-0.25, -0.2) is 0 Å². The average molecular weight is 485 g/mol. The molecule has 0 aromatic rings. The molecule has 0 heterocycles. The van der Waals surface area contributed by atoms with Crippen LogP contribution in [0.4, 0.5) is 0 Å². The molecule has 0 fully saturated rings. The summed E-state index contributed by atoms with van der Waals surface area (Å²) in [5.74, 6) is 0. The Kier molecular flexibility index (Phi) is 31.1. The van der Waals surface area contributed by atoms with E-state index in [0.717, 1.165) is 13.1 Å². The molecule has 0 aliphatic carbocycles. The zero-order valence-corrected chi connectivity index (χ0v) is 20.8. The van der Waals surface area contributed by atoms with E-state index in [4.69, 9.17) is 42.6 Å². The molecular weight excluding hydrogens is 436 g/mol. The maximum atomic E-state index is 5.44. The van der Waals surface area contributed by atoms with Crippen molar-refractivity contribution >= 4 is 0 Å². The number of rotatable bonds is 30. The summed E-state index contributed by atoms with van der Waals surface area (Å²) in [6.45, 7) is 12.0. The van der Waals surface area contributed by atoms with Gasteiger partial charge in [-0.1, -0.05) is 0 Å². The second kappa shape index (κ2) is 31.6. The molecule has 0 aliphatic heterocycles. The molecule has 0 rings (SSSR count). The van der Waals surface area contributed by atoms with Gasteiger partial charge in [-0.3, -0.25) is 0 Å². The average Bonchev–Trinajstić information content (AvgIpc) is 2.83. The van der Waals surface area contributed by atoms with Crippen LogP contribution in [0.5, 0.6) is 0 Å². The van der Waals surface area contributed by atoms with E-state index in [0.29, 0.717) is 119 Å². The molecule has 11 heteroatoms. The molecule has 0 aromatic carbocycles. The van der Waals surface area contributed by atoms with Crippen LogP contribution in [0.25, 0.3) is 0 Å². The molecule has 0 aliphatic rings. The fourth-order valence-electron chi connectivity index (χ4n) is 2.21. The first kappa shape index (κ1) is 32.6. The summed E-state index contributed by atoms with van der Waals surface area (Å²) >= 11 is 0. The van der Waals surface area contributed by atoms with Gasteiger partial charge in [0.05, 0.1) is 119 Å². The van der Waals surface area contributed by atoms with Crippen LogP contribution in [0.15, 0.2) is 0 Å². The zero-order valence-electron chi connectivity index (χ0n) is 20.8. The Labute approximate surface area is 200 Å². The van der Waals surface area contributed by atoms with Crippen LogP contribution >= 0.6 is 0 Å². The van der Waals surface area contributed by atoms with Crippen molar-refractivity contribution in [3.05, 3.63) is 0 Å². The molecular formula is C22H48N2O9. The van der Waals surface area contributed by atoms with E-state index in [1.165, 1.54) is 0 Å². The third kappa shape index (κ3) is 31.6. The van der Waals surface area contributed by atoms with E-state index in [-0.39, 0.29) is 0 Å². The van der Waals surface area contributed by atoms with E-state index in [1.807, 2.05) is 14.1 Å². The van der Waals surface area contributed by atoms with Gasteiger partial charge in [-0.2, -0.15) is 0 Å². The molecule has 0 aromatic heterocycles. The van der Waals surface area contributed by atoms with E-state index in [2.05, 4.69) is 10.6 Å². The Bertz CT molecular complexity index is 315. The summed E-state index contributed by atoms with van der Waals surface area (Å²) in [6, 6.07) is 0. The van der Waals surface area contributed by atoms with Crippen molar-refractivity contribution in [2.24, 2.45) is 0 Å². The molecule has 0 radical (unpaired) electrons. The number of ether oxygens (including phenoxy) is 9. The Balaban J connectivity index is 2.99. The molecule has 0 unspecified atom stereocenters. The Morgan fingerprint density at radius 2 is 0.424 bits per heavy atom. The van der Waals surface area contributed by atoms with E-state index < -0.39 is 0 Å². The highest BCUT2D eigenvalue weighted by Crippen LogP contribution is 1.86. The summed E-state index contributed by atoms with van der Waals surface area (Å²) in [5.41, 5.74) is 0. The topological polar surface area (TPSA) is 107 Å². The van der Waals surface area contributed by atoms with Gasteiger partial charge in [0.25, 0.3) is 0 Å². The standard InChI is InChI=1S/C22H48N2O9/c1-23-3-5-25-7-9-27-11-13-29-15-17-31-19-21-33-22-20-32-18-16-30-14-12-28-10-8-26-6-4-24-2/h23-24H,3-22H2,1-2H3. The lowest BCUT2D eigenvalue weighted by Crippen LogP contribution is -2.17. The smallest absolute Gasteiger partial charge is 0.0701 e. The molecule has 33 heavy (non-hydrogen) atoms. The summed E-state index contributed by atoms with van der Waals surface area (Å²) < 4.78 is 48.7. The van der Waals surface area contributed by atoms with E-state index in [9.17, 15) is 0 Å². The second-order valence-electron chi connectivity index (χ2n) is 6.72. The van der Waals surface area contributed by atoms with Crippen molar-refractivity contribution in [1.29, 1.82) is 0 Å². The maximum absolute atomic E-state index is 5.44. The molecule has 0 amide bonds. The maximum Gasteiger partial charge on any atom is 0.0701 e. The minimum Gasteiger partial charge on any atom is -0.378 e. The van der Waals surface area contributed by atoms with Gasteiger partial charge in [0.1, 0.15) is 0 Å². The largest absolute Gasteiger partial charge is 0.378 e. The minimum absolute atomic E-state index is 0.534. The van der Waals surface area contributed by atoms with Gasteiger partial charge in [-0.05, 0) is 14.1 Å². The molecule has 0 saturated heterocycles. The normalized spacial score (nSPS) is 11.5. The monoisotopic (exact) mass is 484 g/mol. The highest BCUT2D eigenvalue weighted by molar-refractivity contribution is 4.39. The van der Waals surface area contributed by atoms with Crippen LogP contribution in [0.2, 0.25) is 0 Å². The number of hydrogen-bond donors (Lipinski definition) is 2. The lowest BCUT2D eigenvalue weighted by atomic mass is 10.6. The van der Waals surface area contributed by atoms with Crippen LogP contribution < -0.4 is 10.6 Å². The first-order valence-corrected chi connectivity index (χ1v) is 11.9. The molecule has 2 N–H and O–H groups in total. The van der Waals surface area contributed by atoms with Gasteiger partial charge in [0.2, 0.25) is 0 Å². The van der Waals surface area contributed by atoms with E-state index in [1.54, 1.807) is 0 Å². The number of hydrogen-bond acceptors (Lipinski definition) is 11. The summed E-state index contributed by atoms with van der Waals surface area (Å²) in [6.07, 6.45) is 0. The summed E-state index contributed by atoms with van der Waals surface area (Å²) in [5, 5.41) is 6.03. The Hall–Kier alpha value is -0.440. The molecule has 0 atom stereocenters. The first-order chi connectivity index (χ1) is 16.4. The lowest BCUT2D eigenvalue weighted by molar-refractivity contribution is -0.0248. The number of nitrogens with one attached hydrogen (secondary N) is 2. The van der Waals surface area contributed by atoms with Gasteiger partial charge in [0, 0.05) is 13.1 Å². The molecule has 200 valence electrons. The van der Waals surface area contributed by atoms with Crippen molar-refractivity contribution in [1.82, 2.24) is 10.6 Å². The minimum atomic E-state index is 0.534. The highest BCUT2D eigenvalue weighted by atomic mass is 16.6. The Morgan fingerprint density at radius 1 is 0.273 bits per heavy atom. The Morgan fingerprint density at radius 3 is 0.576 bits per heavy atom. The number of likely N-dealkylation sites (N-methyl/N-ethyl adjacent to an activating group) is 2. The SMILES string of the molecule is CNCCOCCOCCOCCOCCOCCOCCOCCOCCOCCNC. The fraction of sp³-hybridized carbons (Fsp3) is 1.00.